The Hall–Kier alpha value is -0.740. The lowest BCUT2D eigenvalue weighted by atomic mass is 10.1. The third-order valence-corrected chi connectivity index (χ3v) is 3.88. The first-order chi connectivity index (χ1) is 8.70. The molecule has 0 saturated carbocycles. The fourth-order valence-electron chi connectivity index (χ4n) is 1.86. The van der Waals surface area contributed by atoms with Gasteiger partial charge in [0, 0.05) is 25.8 Å². The molecule has 1 unspecified atom stereocenters. The van der Waals surface area contributed by atoms with E-state index in [2.05, 4.69) is 48.4 Å². The molecule has 0 aliphatic rings. The van der Waals surface area contributed by atoms with E-state index in [0.29, 0.717) is 6.04 Å². The van der Waals surface area contributed by atoms with E-state index in [1.54, 1.807) is 0 Å². The first-order valence-electron chi connectivity index (χ1n) is 6.56. The number of pyridine rings is 1. The zero-order valence-corrected chi connectivity index (χ0v) is 12.8. The van der Waals surface area contributed by atoms with Crippen LogP contribution in [0, 0.1) is 0 Å². The minimum absolute atomic E-state index is 0.544. The SMILES string of the molecule is CCNCc1ccncc1N(C)C(C)CCSC. The molecule has 0 aromatic carbocycles. The smallest absolute Gasteiger partial charge is 0.0598 e. The molecule has 0 amide bonds. The molecule has 18 heavy (non-hydrogen) atoms. The average molecular weight is 267 g/mol. The van der Waals surface area contributed by atoms with Gasteiger partial charge >= 0.3 is 0 Å². The van der Waals surface area contributed by atoms with Crippen LogP contribution in [0.25, 0.3) is 0 Å². The number of nitrogens with zero attached hydrogens (tertiary/aromatic N) is 2. The number of rotatable bonds is 8. The van der Waals surface area contributed by atoms with E-state index in [4.69, 9.17) is 0 Å². The van der Waals surface area contributed by atoms with E-state index in [1.807, 2.05) is 24.2 Å². The molecular weight excluding hydrogens is 242 g/mol. The van der Waals surface area contributed by atoms with Gasteiger partial charge in [-0.05, 0) is 43.5 Å². The molecule has 0 radical (unpaired) electrons. The minimum Gasteiger partial charge on any atom is -0.370 e. The predicted molar refractivity (Wildman–Crippen MR) is 82.5 cm³/mol. The van der Waals surface area contributed by atoms with Crippen LogP contribution in [0.1, 0.15) is 25.8 Å². The van der Waals surface area contributed by atoms with Crippen molar-refractivity contribution in [3.8, 4) is 0 Å². The third kappa shape index (κ3) is 4.50. The standard InChI is InChI=1S/C14H25N3S/c1-5-15-10-13-6-8-16-11-14(13)17(3)12(2)7-9-18-4/h6,8,11-12,15H,5,7,9-10H2,1-4H3. The Bertz CT molecular complexity index is 344. The monoisotopic (exact) mass is 267 g/mol. The first-order valence-corrected chi connectivity index (χ1v) is 7.95. The Morgan fingerprint density at radius 3 is 2.94 bits per heavy atom. The topological polar surface area (TPSA) is 28.2 Å². The van der Waals surface area contributed by atoms with Crippen molar-refractivity contribution in [3.63, 3.8) is 0 Å². The highest BCUT2D eigenvalue weighted by Gasteiger charge is 2.13. The summed E-state index contributed by atoms with van der Waals surface area (Å²) in [5.74, 6) is 1.20. The molecule has 4 heteroatoms. The quantitative estimate of drug-likeness (QED) is 0.784. The predicted octanol–water partition coefficient (Wildman–Crippen LogP) is 2.77. The second-order valence-electron chi connectivity index (χ2n) is 4.53. The van der Waals surface area contributed by atoms with E-state index < -0.39 is 0 Å². The van der Waals surface area contributed by atoms with Gasteiger partial charge in [0.1, 0.15) is 0 Å². The van der Waals surface area contributed by atoms with Crippen LogP contribution in [0.5, 0.6) is 0 Å². The summed E-state index contributed by atoms with van der Waals surface area (Å²) in [5, 5.41) is 3.38. The first kappa shape index (κ1) is 15.3. The largest absolute Gasteiger partial charge is 0.370 e. The maximum atomic E-state index is 4.26. The van der Waals surface area contributed by atoms with Gasteiger partial charge in [-0.25, -0.2) is 0 Å². The molecule has 1 atom stereocenters. The molecule has 1 aromatic rings. The van der Waals surface area contributed by atoms with Crippen molar-refractivity contribution in [3.05, 3.63) is 24.0 Å². The van der Waals surface area contributed by atoms with Crippen molar-refractivity contribution in [2.24, 2.45) is 0 Å². The summed E-state index contributed by atoms with van der Waals surface area (Å²) in [5.41, 5.74) is 2.57. The molecule has 1 aromatic heterocycles. The fourth-order valence-corrected chi connectivity index (χ4v) is 2.44. The summed E-state index contributed by atoms with van der Waals surface area (Å²) in [6.45, 7) is 6.31. The van der Waals surface area contributed by atoms with E-state index >= 15 is 0 Å². The van der Waals surface area contributed by atoms with E-state index in [1.165, 1.54) is 23.4 Å². The van der Waals surface area contributed by atoms with Crippen molar-refractivity contribution in [2.45, 2.75) is 32.9 Å². The molecule has 1 N–H and O–H groups in total. The lowest BCUT2D eigenvalue weighted by molar-refractivity contribution is 0.658. The minimum atomic E-state index is 0.544. The molecule has 102 valence electrons. The molecule has 1 rings (SSSR count). The van der Waals surface area contributed by atoms with Gasteiger partial charge in [0.2, 0.25) is 0 Å². The van der Waals surface area contributed by atoms with Crippen molar-refractivity contribution < 1.29 is 0 Å². The van der Waals surface area contributed by atoms with Gasteiger partial charge in [-0.15, -0.1) is 0 Å². The van der Waals surface area contributed by atoms with Gasteiger partial charge in [0.25, 0.3) is 0 Å². The molecule has 1 heterocycles. The van der Waals surface area contributed by atoms with Gasteiger partial charge in [-0.3, -0.25) is 4.98 Å². The van der Waals surface area contributed by atoms with Crippen molar-refractivity contribution in [2.75, 3.05) is 30.5 Å². The summed E-state index contributed by atoms with van der Waals surface area (Å²) in [7, 11) is 2.16. The number of aromatic nitrogens is 1. The summed E-state index contributed by atoms with van der Waals surface area (Å²) < 4.78 is 0. The molecule has 0 fully saturated rings. The maximum Gasteiger partial charge on any atom is 0.0598 e. The normalized spacial score (nSPS) is 12.4. The van der Waals surface area contributed by atoms with E-state index in [9.17, 15) is 0 Å². The highest BCUT2D eigenvalue weighted by atomic mass is 32.2. The molecule has 3 nitrogen and oxygen atoms in total. The average Bonchev–Trinajstić information content (AvgIpc) is 2.42. The van der Waals surface area contributed by atoms with Crippen LogP contribution in [-0.2, 0) is 6.54 Å². The zero-order chi connectivity index (χ0) is 13.4. The Morgan fingerprint density at radius 2 is 2.28 bits per heavy atom. The highest BCUT2D eigenvalue weighted by molar-refractivity contribution is 7.98. The van der Waals surface area contributed by atoms with E-state index in [0.717, 1.165) is 13.1 Å². The van der Waals surface area contributed by atoms with E-state index in [-0.39, 0.29) is 0 Å². The summed E-state index contributed by atoms with van der Waals surface area (Å²) in [4.78, 5) is 6.61. The second kappa shape index (κ2) is 8.38. The Kier molecular flexibility index (Phi) is 7.13. The molecule has 0 spiro atoms. The molecule has 0 bridgehead atoms. The van der Waals surface area contributed by atoms with Crippen molar-refractivity contribution in [1.29, 1.82) is 0 Å². The third-order valence-electron chi connectivity index (χ3n) is 3.23. The van der Waals surface area contributed by atoms with Crippen molar-refractivity contribution >= 4 is 17.4 Å². The van der Waals surface area contributed by atoms with Crippen LogP contribution in [0.4, 0.5) is 5.69 Å². The van der Waals surface area contributed by atoms with Crippen LogP contribution < -0.4 is 10.2 Å². The summed E-state index contributed by atoms with van der Waals surface area (Å²) in [6.07, 6.45) is 7.21. The van der Waals surface area contributed by atoms with Gasteiger partial charge in [0.15, 0.2) is 0 Å². The number of thioether (sulfide) groups is 1. The molecule has 0 aliphatic carbocycles. The van der Waals surface area contributed by atoms with Gasteiger partial charge < -0.3 is 10.2 Å². The lowest BCUT2D eigenvalue weighted by Gasteiger charge is -2.28. The van der Waals surface area contributed by atoms with Crippen molar-refractivity contribution in [1.82, 2.24) is 10.3 Å². The zero-order valence-electron chi connectivity index (χ0n) is 11.9. The van der Waals surface area contributed by atoms with Crippen LogP contribution in [-0.4, -0.2) is 36.6 Å². The van der Waals surface area contributed by atoms with Crippen LogP contribution >= 0.6 is 11.8 Å². The van der Waals surface area contributed by atoms with Gasteiger partial charge in [-0.2, -0.15) is 11.8 Å². The summed E-state index contributed by atoms with van der Waals surface area (Å²) in [6, 6.07) is 2.65. The fraction of sp³-hybridized carbons (Fsp3) is 0.643. The maximum absolute atomic E-state index is 4.26. The van der Waals surface area contributed by atoms with Gasteiger partial charge in [-0.1, -0.05) is 6.92 Å². The number of hydrogen-bond acceptors (Lipinski definition) is 4. The molecule has 0 saturated heterocycles. The molecular formula is C14H25N3S. The Labute approximate surface area is 115 Å². The highest BCUT2D eigenvalue weighted by Crippen LogP contribution is 2.21. The number of hydrogen-bond donors (Lipinski definition) is 1. The molecule has 0 aliphatic heterocycles. The number of anilines is 1. The van der Waals surface area contributed by atoms with Crippen LogP contribution in [0.2, 0.25) is 0 Å². The lowest BCUT2D eigenvalue weighted by Crippen LogP contribution is -2.31. The Balaban J connectivity index is 2.73. The second-order valence-corrected chi connectivity index (χ2v) is 5.51. The Morgan fingerprint density at radius 1 is 1.50 bits per heavy atom. The number of nitrogens with one attached hydrogen (secondary N) is 1. The summed E-state index contributed by atoms with van der Waals surface area (Å²) >= 11 is 1.91. The van der Waals surface area contributed by atoms with Gasteiger partial charge in [0.05, 0.1) is 11.9 Å². The van der Waals surface area contributed by atoms with Crippen LogP contribution in [0.15, 0.2) is 18.5 Å². The van der Waals surface area contributed by atoms with Crippen LogP contribution in [0.3, 0.4) is 0 Å².